The Balaban J connectivity index is -0.000000845. The van der Waals surface area contributed by atoms with Crippen molar-refractivity contribution in [1.29, 1.82) is 0 Å². The van der Waals surface area contributed by atoms with E-state index in [2.05, 4.69) is 0 Å². The van der Waals surface area contributed by atoms with E-state index >= 15 is 0 Å². The van der Waals surface area contributed by atoms with Crippen LogP contribution in [-0.4, -0.2) is 11.9 Å². The zero-order valence-electron chi connectivity index (χ0n) is 10.8. The van der Waals surface area contributed by atoms with Crippen molar-refractivity contribution >= 4 is 11.9 Å². The summed E-state index contributed by atoms with van der Waals surface area (Å²) in [5.41, 5.74) is -1.84. The molecular weight excluding hydrogens is 246 g/mol. The Morgan fingerprint density at radius 1 is 1.19 bits per heavy atom. The second-order valence-electron chi connectivity index (χ2n) is 3.80. The number of carboxylic acids is 2. The number of rotatable bonds is 6. The quantitative estimate of drug-likeness (QED) is 0.352. The first-order valence-electron chi connectivity index (χ1n) is 4.82. The van der Waals surface area contributed by atoms with E-state index in [1.165, 1.54) is 0 Å². The molecule has 0 heterocycles. The van der Waals surface area contributed by atoms with Gasteiger partial charge in [0.1, 0.15) is 0 Å². The summed E-state index contributed by atoms with van der Waals surface area (Å²) in [4.78, 5) is 21.8. The van der Waals surface area contributed by atoms with Gasteiger partial charge in [-0.25, -0.2) is 0 Å². The Labute approximate surface area is 161 Å². The van der Waals surface area contributed by atoms with E-state index < -0.39 is 23.3 Å². The molecule has 0 N–H and O–H groups in total. The number of aliphatic carboxylic acids is 2. The molecule has 0 spiro atoms. The van der Waals surface area contributed by atoms with Crippen LogP contribution in [0.25, 0.3) is 0 Å². The van der Waals surface area contributed by atoms with Gasteiger partial charge >= 0.3 is 80.9 Å². The molecule has 0 aromatic carbocycles. The molecule has 16 heavy (non-hydrogen) atoms. The van der Waals surface area contributed by atoms with Gasteiger partial charge in [-0.3, -0.25) is 0 Å². The second-order valence-corrected chi connectivity index (χ2v) is 3.80. The zero-order chi connectivity index (χ0) is 11.4. The fourth-order valence-corrected chi connectivity index (χ4v) is 1.50. The number of hydrogen-bond donors (Lipinski definition) is 0. The van der Waals surface area contributed by atoms with E-state index in [1.54, 1.807) is 13.8 Å². The number of carbonyl (C=O) groups excluding carboxylic acids is 2. The van der Waals surface area contributed by atoms with Crippen LogP contribution in [0, 0.1) is 11.3 Å². The van der Waals surface area contributed by atoms with Gasteiger partial charge < -0.3 is 19.8 Å². The minimum Gasteiger partial charge on any atom is -0.549 e. The first-order chi connectivity index (χ1) is 6.39. The van der Waals surface area contributed by atoms with Crippen LogP contribution in [0.1, 0.15) is 40.0 Å². The third-order valence-electron chi connectivity index (χ3n) is 2.64. The Morgan fingerprint density at radius 2 is 1.56 bits per heavy atom. The van der Waals surface area contributed by atoms with Gasteiger partial charge in [-0.2, -0.15) is 0 Å². The predicted octanol–water partition coefficient (Wildman–Crippen LogP) is -6.67. The Kier molecular flexibility index (Phi) is 14.9. The molecule has 0 saturated heterocycles. The van der Waals surface area contributed by atoms with Crippen molar-refractivity contribution in [2.24, 2.45) is 11.3 Å². The maximum atomic E-state index is 10.9. The number of carboxylic acid groups (broad SMARTS) is 2. The molecule has 0 bridgehead atoms. The minimum absolute atomic E-state index is 0. The van der Waals surface area contributed by atoms with Gasteiger partial charge in [-0.15, -0.1) is 0 Å². The van der Waals surface area contributed by atoms with Crippen molar-refractivity contribution in [3.63, 3.8) is 0 Å². The third kappa shape index (κ3) is 5.48. The second kappa shape index (κ2) is 10.5. The van der Waals surface area contributed by atoms with Gasteiger partial charge in [-0.05, 0) is 12.3 Å². The summed E-state index contributed by atoms with van der Waals surface area (Å²) < 4.78 is 0. The monoisotopic (exact) mass is 262 g/mol. The van der Waals surface area contributed by atoms with Crippen LogP contribution in [0.15, 0.2) is 0 Å². The van der Waals surface area contributed by atoms with Crippen LogP contribution < -0.4 is 91.2 Å². The molecule has 82 valence electrons. The third-order valence-corrected chi connectivity index (χ3v) is 2.64. The van der Waals surface area contributed by atoms with Crippen molar-refractivity contribution in [3.05, 3.63) is 0 Å². The van der Waals surface area contributed by atoms with Crippen LogP contribution in [0.3, 0.4) is 0 Å². The normalized spacial score (nSPS) is 10.2. The molecule has 0 aliphatic rings. The van der Waals surface area contributed by atoms with Gasteiger partial charge in [0, 0.05) is 0 Å². The van der Waals surface area contributed by atoms with Crippen molar-refractivity contribution in [2.75, 3.05) is 0 Å². The van der Waals surface area contributed by atoms with E-state index in [0.717, 1.165) is 6.42 Å². The average Bonchev–Trinajstić information content (AvgIpc) is 2.03. The van der Waals surface area contributed by atoms with Crippen molar-refractivity contribution in [1.82, 2.24) is 0 Å². The molecule has 0 amide bonds. The molecule has 0 aliphatic heterocycles. The number of carbonyl (C=O) groups is 2. The van der Waals surface area contributed by atoms with Gasteiger partial charge in [0.2, 0.25) is 0 Å². The summed E-state index contributed by atoms with van der Waals surface area (Å²) >= 11 is 0. The standard InChI is InChI=1S/C10H18O4.K.Na/c1-4-5-6-10(7(2)3,8(11)12)9(13)14;;/h7H,4-6H2,1-3H3,(H,11,12)(H,13,14);;/q;2*+1/p-2. The summed E-state index contributed by atoms with van der Waals surface area (Å²) in [6.45, 7) is 4.98. The molecule has 4 nitrogen and oxygen atoms in total. The molecular formula is C10H16KNaO4. The molecule has 0 aromatic heterocycles. The molecule has 0 aliphatic carbocycles. The predicted molar refractivity (Wildman–Crippen MR) is 46.8 cm³/mol. The smallest absolute Gasteiger partial charge is 0.549 e. The first kappa shape index (κ1) is 22.7. The largest absolute Gasteiger partial charge is 1.00 e. The summed E-state index contributed by atoms with van der Waals surface area (Å²) in [5.74, 6) is -3.61. The maximum Gasteiger partial charge on any atom is 1.00 e. The van der Waals surface area contributed by atoms with Gasteiger partial charge in [0.15, 0.2) is 0 Å². The minimum atomic E-state index is -1.84. The summed E-state index contributed by atoms with van der Waals surface area (Å²) in [5, 5.41) is 21.8. The molecule has 0 saturated carbocycles. The van der Waals surface area contributed by atoms with Crippen molar-refractivity contribution in [2.45, 2.75) is 40.0 Å². The Hall–Kier alpha value is 1.58. The fraction of sp³-hybridized carbons (Fsp3) is 0.800. The number of unbranched alkanes of at least 4 members (excludes halogenated alkanes) is 1. The maximum absolute atomic E-state index is 10.9. The molecule has 6 heteroatoms. The molecule has 0 rings (SSSR count). The molecule has 0 atom stereocenters. The molecule has 0 aromatic rings. The molecule has 0 unspecified atom stereocenters. The SMILES string of the molecule is CCCCC(C(=O)[O-])(C(=O)[O-])C(C)C.[K+].[Na+]. The van der Waals surface area contributed by atoms with Gasteiger partial charge in [-0.1, -0.05) is 33.6 Å². The average molecular weight is 262 g/mol. The zero-order valence-corrected chi connectivity index (χ0v) is 16.0. The van der Waals surface area contributed by atoms with Crippen LogP contribution in [-0.2, 0) is 9.59 Å². The Morgan fingerprint density at radius 3 is 1.75 bits per heavy atom. The van der Waals surface area contributed by atoms with E-state index in [-0.39, 0.29) is 87.4 Å². The van der Waals surface area contributed by atoms with Gasteiger partial charge in [0.25, 0.3) is 0 Å². The summed E-state index contributed by atoms with van der Waals surface area (Å²) in [6.07, 6.45) is 1.36. The van der Waals surface area contributed by atoms with Crippen LogP contribution in [0.5, 0.6) is 0 Å². The topological polar surface area (TPSA) is 80.3 Å². The fourth-order valence-electron chi connectivity index (χ4n) is 1.50. The molecule has 0 fully saturated rings. The Bertz CT molecular complexity index is 217. The van der Waals surface area contributed by atoms with Crippen LogP contribution in [0.4, 0.5) is 0 Å². The van der Waals surface area contributed by atoms with Crippen LogP contribution >= 0.6 is 0 Å². The number of hydrogen-bond acceptors (Lipinski definition) is 4. The van der Waals surface area contributed by atoms with Crippen molar-refractivity contribution in [3.8, 4) is 0 Å². The van der Waals surface area contributed by atoms with Crippen LogP contribution in [0.2, 0.25) is 0 Å². The summed E-state index contributed by atoms with van der Waals surface area (Å²) in [6, 6.07) is 0. The van der Waals surface area contributed by atoms with E-state index in [4.69, 9.17) is 0 Å². The van der Waals surface area contributed by atoms with Gasteiger partial charge in [0.05, 0.1) is 17.4 Å². The van der Waals surface area contributed by atoms with E-state index in [9.17, 15) is 19.8 Å². The first-order valence-corrected chi connectivity index (χ1v) is 4.82. The summed E-state index contributed by atoms with van der Waals surface area (Å²) in [7, 11) is 0. The van der Waals surface area contributed by atoms with E-state index in [1.807, 2.05) is 6.92 Å². The van der Waals surface area contributed by atoms with Crippen molar-refractivity contribution < 1.29 is 101 Å². The van der Waals surface area contributed by atoms with E-state index in [0.29, 0.717) is 6.42 Å². The molecule has 0 radical (unpaired) electrons.